The van der Waals surface area contributed by atoms with Crippen LogP contribution in [0.25, 0.3) is 0 Å². The number of ether oxygens (including phenoxy) is 2. The fourth-order valence-electron chi connectivity index (χ4n) is 1.36. The van der Waals surface area contributed by atoms with Crippen molar-refractivity contribution in [1.82, 2.24) is 0 Å². The Balaban J connectivity index is 2.62. The number of carbonyl (C=O) groups is 1. The molecule has 4 unspecified atom stereocenters. The molecule has 14 heavy (non-hydrogen) atoms. The second-order valence-corrected chi connectivity index (χ2v) is 3.70. The Labute approximate surface area is 82.6 Å². The summed E-state index contributed by atoms with van der Waals surface area (Å²) in [5.74, 6) is -0.314. The van der Waals surface area contributed by atoms with Crippen LogP contribution < -0.4 is 0 Å². The predicted octanol–water partition coefficient (Wildman–Crippen LogP) is -0.553. The van der Waals surface area contributed by atoms with Gasteiger partial charge in [0.15, 0.2) is 12.1 Å². The number of hydrogen-bond donors (Lipinski definition) is 2. The Kier molecular flexibility index (Phi) is 3.60. The molecular formula is C9H16O5. The molecule has 0 aliphatic carbocycles. The minimum Gasteiger partial charge on any atom is -0.387 e. The molecule has 1 heterocycles. The molecule has 1 aliphatic heterocycles. The van der Waals surface area contributed by atoms with Crippen LogP contribution in [0.4, 0.5) is 0 Å². The Bertz CT molecular complexity index is 215. The lowest BCUT2D eigenvalue weighted by atomic mass is 10.1. The van der Waals surface area contributed by atoms with Gasteiger partial charge in [0.25, 0.3) is 0 Å². The maximum atomic E-state index is 11.0. The molecule has 0 bridgehead atoms. The smallest absolute Gasteiger partial charge is 0.187 e. The topological polar surface area (TPSA) is 76.0 Å². The highest BCUT2D eigenvalue weighted by atomic mass is 16.7. The van der Waals surface area contributed by atoms with Gasteiger partial charge < -0.3 is 19.7 Å². The quantitative estimate of drug-likeness (QED) is 0.645. The summed E-state index contributed by atoms with van der Waals surface area (Å²) in [6.45, 7) is 4.87. The van der Waals surface area contributed by atoms with Gasteiger partial charge in [0, 0.05) is 0 Å². The summed E-state index contributed by atoms with van der Waals surface area (Å²) in [5, 5.41) is 18.9. The zero-order valence-corrected chi connectivity index (χ0v) is 8.51. The van der Waals surface area contributed by atoms with E-state index in [1.54, 1.807) is 13.8 Å². The van der Waals surface area contributed by atoms with Gasteiger partial charge in [0.2, 0.25) is 0 Å². The molecule has 1 aliphatic rings. The molecule has 2 N–H and O–H groups in total. The lowest BCUT2D eigenvalue weighted by molar-refractivity contribution is -0.185. The standard InChI is InChI=1S/C9H16O5/c1-4(2)13-9-7(12)6(11)8(14-9)5(3)10/h4,6-9,11-12H,1-3H3. The summed E-state index contributed by atoms with van der Waals surface area (Å²) >= 11 is 0. The molecule has 82 valence electrons. The maximum Gasteiger partial charge on any atom is 0.187 e. The lowest BCUT2D eigenvalue weighted by Crippen LogP contribution is -2.36. The van der Waals surface area contributed by atoms with Gasteiger partial charge in [-0.05, 0) is 20.8 Å². The second kappa shape index (κ2) is 4.35. The van der Waals surface area contributed by atoms with E-state index in [0.29, 0.717) is 0 Å². The summed E-state index contributed by atoms with van der Waals surface area (Å²) in [5.41, 5.74) is 0. The summed E-state index contributed by atoms with van der Waals surface area (Å²) in [6, 6.07) is 0. The van der Waals surface area contributed by atoms with Crippen LogP contribution in [0.1, 0.15) is 20.8 Å². The predicted molar refractivity (Wildman–Crippen MR) is 47.6 cm³/mol. The molecule has 0 amide bonds. The average Bonchev–Trinajstić information content (AvgIpc) is 2.32. The third kappa shape index (κ3) is 2.30. The molecule has 1 fully saturated rings. The molecule has 0 spiro atoms. The summed E-state index contributed by atoms with van der Waals surface area (Å²) in [6.07, 6.45) is -4.39. The molecule has 0 aromatic heterocycles. The van der Waals surface area contributed by atoms with E-state index in [1.807, 2.05) is 0 Å². The minimum atomic E-state index is -1.20. The van der Waals surface area contributed by atoms with Crippen LogP contribution in [0, 0.1) is 0 Å². The zero-order chi connectivity index (χ0) is 10.9. The van der Waals surface area contributed by atoms with E-state index in [0.717, 1.165) is 0 Å². The number of Topliss-reactive ketones (excluding diaryl/α,β-unsaturated/α-hetero) is 1. The third-order valence-electron chi connectivity index (χ3n) is 2.03. The summed E-state index contributed by atoms with van der Waals surface area (Å²) < 4.78 is 10.3. The van der Waals surface area contributed by atoms with E-state index in [-0.39, 0.29) is 11.9 Å². The van der Waals surface area contributed by atoms with E-state index >= 15 is 0 Å². The van der Waals surface area contributed by atoms with Crippen LogP contribution in [0.5, 0.6) is 0 Å². The van der Waals surface area contributed by atoms with E-state index in [2.05, 4.69) is 0 Å². The van der Waals surface area contributed by atoms with E-state index < -0.39 is 24.6 Å². The Morgan fingerprint density at radius 1 is 1.36 bits per heavy atom. The van der Waals surface area contributed by atoms with Crippen molar-refractivity contribution in [3.05, 3.63) is 0 Å². The number of carbonyl (C=O) groups excluding carboxylic acids is 1. The molecule has 5 heteroatoms. The van der Waals surface area contributed by atoms with Crippen molar-refractivity contribution in [2.45, 2.75) is 51.5 Å². The molecule has 5 nitrogen and oxygen atoms in total. The van der Waals surface area contributed by atoms with Crippen LogP contribution in [-0.4, -0.2) is 46.7 Å². The van der Waals surface area contributed by atoms with Gasteiger partial charge >= 0.3 is 0 Å². The molecule has 0 saturated carbocycles. The van der Waals surface area contributed by atoms with E-state index in [1.165, 1.54) is 6.92 Å². The summed E-state index contributed by atoms with van der Waals surface area (Å²) in [4.78, 5) is 11.0. The largest absolute Gasteiger partial charge is 0.387 e. The van der Waals surface area contributed by atoms with Gasteiger partial charge in [0.05, 0.1) is 6.10 Å². The van der Waals surface area contributed by atoms with E-state index in [4.69, 9.17) is 9.47 Å². The van der Waals surface area contributed by atoms with Gasteiger partial charge in [-0.25, -0.2) is 0 Å². The SMILES string of the molecule is CC(=O)C1OC(OC(C)C)C(O)C1O. The third-order valence-corrected chi connectivity index (χ3v) is 2.03. The first kappa shape index (κ1) is 11.6. The number of rotatable bonds is 3. The van der Waals surface area contributed by atoms with Crippen LogP contribution in [-0.2, 0) is 14.3 Å². The van der Waals surface area contributed by atoms with Gasteiger partial charge in [0.1, 0.15) is 18.3 Å². The van der Waals surface area contributed by atoms with Gasteiger partial charge in [-0.1, -0.05) is 0 Å². The fourth-order valence-corrected chi connectivity index (χ4v) is 1.36. The molecular weight excluding hydrogens is 188 g/mol. The van der Waals surface area contributed by atoms with Crippen LogP contribution in [0.15, 0.2) is 0 Å². The van der Waals surface area contributed by atoms with Crippen molar-refractivity contribution < 1.29 is 24.5 Å². The Hall–Kier alpha value is -0.490. The molecule has 1 saturated heterocycles. The normalized spacial score (nSPS) is 37.9. The number of aliphatic hydroxyl groups excluding tert-OH is 2. The van der Waals surface area contributed by atoms with Crippen LogP contribution in [0.2, 0.25) is 0 Å². The molecule has 0 aromatic rings. The van der Waals surface area contributed by atoms with Gasteiger partial charge in [-0.15, -0.1) is 0 Å². The highest BCUT2D eigenvalue weighted by Crippen LogP contribution is 2.23. The van der Waals surface area contributed by atoms with Crippen molar-refractivity contribution in [3.8, 4) is 0 Å². The first-order chi connectivity index (χ1) is 6.43. The molecule has 0 radical (unpaired) electrons. The van der Waals surface area contributed by atoms with Crippen molar-refractivity contribution in [2.24, 2.45) is 0 Å². The van der Waals surface area contributed by atoms with E-state index in [9.17, 15) is 15.0 Å². The highest BCUT2D eigenvalue weighted by molar-refractivity contribution is 5.81. The highest BCUT2D eigenvalue weighted by Gasteiger charge is 2.45. The second-order valence-electron chi connectivity index (χ2n) is 3.70. The van der Waals surface area contributed by atoms with Gasteiger partial charge in [-0.3, -0.25) is 4.79 Å². The maximum absolute atomic E-state index is 11.0. The van der Waals surface area contributed by atoms with Crippen molar-refractivity contribution in [3.63, 3.8) is 0 Å². The first-order valence-corrected chi connectivity index (χ1v) is 4.61. The monoisotopic (exact) mass is 204 g/mol. The van der Waals surface area contributed by atoms with Crippen LogP contribution in [0.3, 0.4) is 0 Å². The summed E-state index contributed by atoms with van der Waals surface area (Å²) in [7, 11) is 0. The zero-order valence-electron chi connectivity index (χ0n) is 8.51. The van der Waals surface area contributed by atoms with Gasteiger partial charge in [-0.2, -0.15) is 0 Å². The van der Waals surface area contributed by atoms with Crippen molar-refractivity contribution in [2.75, 3.05) is 0 Å². The van der Waals surface area contributed by atoms with Crippen molar-refractivity contribution >= 4 is 5.78 Å². The number of ketones is 1. The molecule has 1 rings (SSSR count). The van der Waals surface area contributed by atoms with Crippen LogP contribution >= 0.6 is 0 Å². The van der Waals surface area contributed by atoms with Crippen molar-refractivity contribution in [1.29, 1.82) is 0 Å². The lowest BCUT2D eigenvalue weighted by Gasteiger charge is -2.17. The number of hydrogen-bond acceptors (Lipinski definition) is 5. The number of aliphatic hydroxyl groups is 2. The first-order valence-electron chi connectivity index (χ1n) is 4.61. The molecule has 0 aromatic carbocycles. The Morgan fingerprint density at radius 2 is 1.93 bits per heavy atom. The minimum absolute atomic E-state index is 0.132. The molecule has 4 atom stereocenters. The average molecular weight is 204 g/mol. The Morgan fingerprint density at radius 3 is 2.29 bits per heavy atom. The fraction of sp³-hybridized carbons (Fsp3) is 0.889.